The van der Waals surface area contributed by atoms with Gasteiger partial charge in [0.2, 0.25) is 5.91 Å². The van der Waals surface area contributed by atoms with E-state index in [1.54, 1.807) is 29.2 Å². The van der Waals surface area contributed by atoms with E-state index in [-0.39, 0.29) is 11.8 Å². The maximum absolute atomic E-state index is 13.3. The van der Waals surface area contributed by atoms with Crippen LogP contribution in [0.4, 0.5) is 11.4 Å². The number of nitrogens with zero attached hydrogens (tertiary/aromatic N) is 1. The van der Waals surface area contributed by atoms with Gasteiger partial charge in [-0.25, -0.2) is 0 Å². The Balaban J connectivity index is 1.76. The summed E-state index contributed by atoms with van der Waals surface area (Å²) < 4.78 is 0. The smallest absolute Gasteiger partial charge is 0.262 e. The molecule has 0 saturated heterocycles. The number of nitrogens with one attached hydrogen (secondary N) is 1. The lowest BCUT2D eigenvalue weighted by atomic mass is 10.1. The molecule has 1 aliphatic heterocycles. The SMILES string of the molecule is CC(=O)Nc1ccc(N2C(=O)/C(=C/c3ccccc3)C=C2c2ccc(Cl)cc2)cc1. The molecule has 0 atom stereocenters. The van der Waals surface area contributed by atoms with Crippen molar-refractivity contribution in [1.82, 2.24) is 0 Å². The van der Waals surface area contributed by atoms with Crippen molar-refractivity contribution < 1.29 is 9.59 Å². The third-order valence-electron chi connectivity index (χ3n) is 4.69. The van der Waals surface area contributed by atoms with E-state index in [0.29, 0.717) is 22.0 Å². The van der Waals surface area contributed by atoms with Crippen LogP contribution in [0.1, 0.15) is 18.1 Å². The first-order valence-electron chi connectivity index (χ1n) is 9.48. The van der Waals surface area contributed by atoms with Crippen LogP contribution >= 0.6 is 11.6 Å². The first-order valence-corrected chi connectivity index (χ1v) is 9.85. The molecule has 3 aromatic rings. The standard InChI is InChI=1S/C25H19ClN2O2/c1-17(29)27-22-11-13-23(14-12-22)28-24(19-7-9-21(26)10-8-19)16-20(25(28)30)15-18-5-3-2-4-6-18/h2-16H,1H3,(H,27,29)/b20-15+. The predicted octanol–water partition coefficient (Wildman–Crippen LogP) is 5.77. The molecule has 1 N–H and O–H groups in total. The number of anilines is 2. The fourth-order valence-corrected chi connectivity index (χ4v) is 3.46. The molecule has 0 unspecified atom stereocenters. The lowest BCUT2D eigenvalue weighted by molar-refractivity contribution is -0.114. The number of rotatable bonds is 4. The van der Waals surface area contributed by atoms with Crippen LogP contribution in [-0.4, -0.2) is 11.8 Å². The first-order chi connectivity index (χ1) is 14.5. The second kappa shape index (κ2) is 8.39. The Hall–Kier alpha value is -3.63. The van der Waals surface area contributed by atoms with E-state index in [9.17, 15) is 9.59 Å². The topological polar surface area (TPSA) is 49.4 Å². The molecular weight excluding hydrogens is 396 g/mol. The van der Waals surface area contributed by atoms with Crippen LogP contribution in [0, 0.1) is 0 Å². The molecule has 1 aliphatic rings. The molecule has 0 spiro atoms. The largest absolute Gasteiger partial charge is 0.326 e. The lowest BCUT2D eigenvalue weighted by Gasteiger charge is -2.21. The number of carbonyl (C=O) groups excluding carboxylic acids is 2. The van der Waals surface area contributed by atoms with E-state index in [0.717, 1.165) is 16.8 Å². The normalized spacial score (nSPS) is 14.7. The highest BCUT2D eigenvalue weighted by Gasteiger charge is 2.30. The quantitative estimate of drug-likeness (QED) is 0.551. The van der Waals surface area contributed by atoms with Crippen molar-refractivity contribution in [2.75, 3.05) is 10.2 Å². The van der Waals surface area contributed by atoms with Crippen LogP contribution < -0.4 is 10.2 Å². The second-order valence-corrected chi connectivity index (χ2v) is 7.35. The molecule has 0 fully saturated rings. The van der Waals surface area contributed by atoms with E-state index < -0.39 is 0 Å². The first kappa shape index (κ1) is 19.7. The zero-order valence-corrected chi connectivity index (χ0v) is 17.1. The van der Waals surface area contributed by atoms with Gasteiger partial charge in [-0.05, 0) is 59.7 Å². The summed E-state index contributed by atoms with van der Waals surface area (Å²) >= 11 is 6.05. The number of halogens is 1. The molecule has 148 valence electrons. The monoisotopic (exact) mass is 414 g/mol. The van der Waals surface area contributed by atoms with E-state index in [1.165, 1.54) is 6.92 Å². The molecular formula is C25H19ClN2O2. The van der Waals surface area contributed by atoms with Crippen molar-refractivity contribution in [2.24, 2.45) is 0 Å². The van der Waals surface area contributed by atoms with Gasteiger partial charge in [0.15, 0.2) is 0 Å². The summed E-state index contributed by atoms with van der Waals surface area (Å²) in [5.41, 5.74) is 4.59. The summed E-state index contributed by atoms with van der Waals surface area (Å²) in [6.07, 6.45) is 3.77. The predicted molar refractivity (Wildman–Crippen MR) is 122 cm³/mol. The molecule has 4 rings (SSSR count). The zero-order valence-electron chi connectivity index (χ0n) is 16.3. The molecule has 2 amide bonds. The minimum absolute atomic E-state index is 0.115. The summed E-state index contributed by atoms with van der Waals surface area (Å²) in [6, 6.07) is 24.3. The average molecular weight is 415 g/mol. The van der Waals surface area contributed by atoms with Crippen LogP contribution in [-0.2, 0) is 9.59 Å². The van der Waals surface area contributed by atoms with E-state index in [1.807, 2.05) is 66.7 Å². The van der Waals surface area contributed by atoms with E-state index in [4.69, 9.17) is 11.6 Å². The van der Waals surface area contributed by atoms with Gasteiger partial charge in [0.05, 0.1) is 5.70 Å². The summed E-state index contributed by atoms with van der Waals surface area (Å²) in [4.78, 5) is 26.3. The van der Waals surface area contributed by atoms with Gasteiger partial charge in [-0.1, -0.05) is 54.1 Å². The van der Waals surface area contributed by atoms with Crippen LogP contribution in [0.3, 0.4) is 0 Å². The lowest BCUT2D eigenvalue weighted by Crippen LogP contribution is -2.25. The van der Waals surface area contributed by atoms with Crippen LogP contribution in [0.2, 0.25) is 5.02 Å². The fraction of sp³-hybridized carbons (Fsp3) is 0.0400. The van der Waals surface area contributed by atoms with Crippen LogP contribution in [0.15, 0.2) is 90.5 Å². The molecule has 0 saturated carbocycles. The second-order valence-electron chi connectivity index (χ2n) is 6.92. The van der Waals surface area contributed by atoms with Gasteiger partial charge in [0.1, 0.15) is 0 Å². The maximum Gasteiger partial charge on any atom is 0.262 e. The number of carbonyl (C=O) groups is 2. The van der Waals surface area contributed by atoms with Crippen molar-refractivity contribution in [1.29, 1.82) is 0 Å². The van der Waals surface area contributed by atoms with E-state index >= 15 is 0 Å². The van der Waals surface area contributed by atoms with Gasteiger partial charge in [0.25, 0.3) is 5.91 Å². The summed E-state index contributed by atoms with van der Waals surface area (Å²) in [7, 11) is 0. The fourth-order valence-electron chi connectivity index (χ4n) is 3.33. The molecule has 3 aromatic carbocycles. The van der Waals surface area contributed by atoms with Gasteiger partial charge in [-0.15, -0.1) is 0 Å². The Kier molecular flexibility index (Phi) is 5.50. The summed E-state index contributed by atoms with van der Waals surface area (Å²) in [5, 5.41) is 3.38. The van der Waals surface area contributed by atoms with Crippen molar-refractivity contribution in [3.05, 3.63) is 107 Å². The molecule has 0 aromatic heterocycles. The molecule has 0 radical (unpaired) electrons. The number of hydrogen-bond donors (Lipinski definition) is 1. The maximum atomic E-state index is 13.3. The van der Waals surface area contributed by atoms with Crippen molar-refractivity contribution in [3.8, 4) is 0 Å². The van der Waals surface area contributed by atoms with E-state index in [2.05, 4.69) is 5.32 Å². The minimum Gasteiger partial charge on any atom is -0.326 e. The Morgan fingerprint density at radius 3 is 2.23 bits per heavy atom. The molecule has 1 heterocycles. The minimum atomic E-state index is -0.144. The highest BCUT2D eigenvalue weighted by atomic mass is 35.5. The van der Waals surface area contributed by atoms with Crippen molar-refractivity contribution in [3.63, 3.8) is 0 Å². The van der Waals surface area contributed by atoms with Crippen LogP contribution in [0.5, 0.6) is 0 Å². The Morgan fingerprint density at radius 2 is 1.60 bits per heavy atom. The summed E-state index contributed by atoms with van der Waals surface area (Å²) in [6.45, 7) is 1.46. The Bertz CT molecular complexity index is 1150. The Labute approximate surface area is 180 Å². The Morgan fingerprint density at radius 1 is 0.933 bits per heavy atom. The van der Waals surface area contributed by atoms with Gasteiger partial charge in [-0.2, -0.15) is 0 Å². The summed E-state index contributed by atoms with van der Waals surface area (Å²) in [5.74, 6) is -0.258. The van der Waals surface area contributed by atoms with Crippen molar-refractivity contribution in [2.45, 2.75) is 6.92 Å². The van der Waals surface area contributed by atoms with Gasteiger partial charge in [-0.3, -0.25) is 14.5 Å². The van der Waals surface area contributed by atoms with Crippen LogP contribution in [0.25, 0.3) is 11.8 Å². The van der Waals surface area contributed by atoms with Crippen molar-refractivity contribution >= 4 is 46.6 Å². The average Bonchev–Trinajstić information content (AvgIpc) is 3.06. The number of hydrogen-bond acceptors (Lipinski definition) is 2. The molecule has 0 aliphatic carbocycles. The molecule has 30 heavy (non-hydrogen) atoms. The highest BCUT2D eigenvalue weighted by Crippen LogP contribution is 2.36. The third kappa shape index (κ3) is 4.19. The molecule has 0 bridgehead atoms. The highest BCUT2D eigenvalue weighted by molar-refractivity contribution is 6.30. The van der Waals surface area contributed by atoms with Gasteiger partial charge in [0, 0.05) is 28.9 Å². The third-order valence-corrected chi connectivity index (χ3v) is 4.94. The molecule has 4 nitrogen and oxygen atoms in total. The zero-order chi connectivity index (χ0) is 21.1. The number of amides is 2. The van der Waals surface area contributed by atoms with Gasteiger partial charge >= 0.3 is 0 Å². The molecule has 5 heteroatoms. The number of benzene rings is 3. The van der Waals surface area contributed by atoms with Gasteiger partial charge < -0.3 is 5.32 Å².